The lowest BCUT2D eigenvalue weighted by molar-refractivity contribution is -0.135. The Morgan fingerprint density at radius 3 is 2.39 bits per heavy atom. The van der Waals surface area contributed by atoms with E-state index in [4.69, 9.17) is 9.47 Å². The van der Waals surface area contributed by atoms with Crippen LogP contribution in [0.4, 0.5) is 0 Å². The number of carbonyl (C=O) groups is 2. The van der Waals surface area contributed by atoms with Crippen LogP contribution in [-0.4, -0.2) is 67.6 Å². The Labute approximate surface area is 167 Å². The summed E-state index contributed by atoms with van der Waals surface area (Å²) in [6.07, 6.45) is 2.96. The second-order valence-electron chi connectivity index (χ2n) is 7.49. The largest absolute Gasteiger partial charge is 0.490 e. The van der Waals surface area contributed by atoms with E-state index in [1.807, 2.05) is 19.9 Å². The summed E-state index contributed by atoms with van der Waals surface area (Å²) in [5, 5.41) is 2.92. The van der Waals surface area contributed by atoms with Crippen molar-refractivity contribution in [2.24, 2.45) is 0 Å². The van der Waals surface area contributed by atoms with Crippen LogP contribution < -0.4 is 14.8 Å². The highest BCUT2D eigenvalue weighted by molar-refractivity contribution is 5.85. The van der Waals surface area contributed by atoms with E-state index in [1.54, 1.807) is 7.05 Å². The van der Waals surface area contributed by atoms with Crippen LogP contribution in [0.15, 0.2) is 12.1 Å². The zero-order chi connectivity index (χ0) is 20.1. The Balaban J connectivity index is 1.58. The Morgan fingerprint density at radius 2 is 1.79 bits per heavy atom. The lowest BCUT2D eigenvalue weighted by Crippen LogP contribution is -2.44. The summed E-state index contributed by atoms with van der Waals surface area (Å²) >= 11 is 0. The van der Waals surface area contributed by atoms with Gasteiger partial charge in [-0.2, -0.15) is 0 Å². The van der Waals surface area contributed by atoms with Crippen molar-refractivity contribution in [1.82, 2.24) is 15.1 Å². The number of ether oxygens (including phenoxy) is 2. The summed E-state index contributed by atoms with van der Waals surface area (Å²) in [5.41, 5.74) is 2.41. The van der Waals surface area contributed by atoms with Crippen molar-refractivity contribution in [2.45, 2.75) is 45.7 Å². The van der Waals surface area contributed by atoms with E-state index in [-0.39, 0.29) is 18.4 Å². The first-order chi connectivity index (χ1) is 13.5. The number of hydrogen-bond acceptors (Lipinski definition) is 5. The monoisotopic (exact) mass is 389 g/mol. The molecular weight excluding hydrogens is 358 g/mol. The van der Waals surface area contributed by atoms with Crippen molar-refractivity contribution in [1.29, 1.82) is 0 Å². The van der Waals surface area contributed by atoms with Crippen LogP contribution in [0.5, 0.6) is 11.5 Å². The summed E-state index contributed by atoms with van der Waals surface area (Å²) in [7, 11) is 1.69. The van der Waals surface area contributed by atoms with E-state index >= 15 is 0 Å². The number of hydrogen-bond donors (Lipinski definition) is 1. The standard InChI is InChI=1S/C21H31N3O4/c1-4-27-18-10-15-8-9-24(12-16(15)11-19(18)28-5-2)14-21(26)23(3)13-20(25)22-17-6-7-17/h10-11,17H,4-9,12-14H2,1-3H3,(H,22,25). The van der Waals surface area contributed by atoms with Gasteiger partial charge in [-0.15, -0.1) is 0 Å². The van der Waals surface area contributed by atoms with Crippen LogP contribution in [0.3, 0.4) is 0 Å². The molecule has 0 bridgehead atoms. The first kappa shape index (κ1) is 20.5. The average Bonchev–Trinajstić information content (AvgIpc) is 3.46. The maximum atomic E-state index is 12.5. The number of likely N-dealkylation sites (N-methyl/N-ethyl adjacent to an activating group) is 1. The quantitative estimate of drug-likeness (QED) is 0.694. The molecule has 28 heavy (non-hydrogen) atoms. The van der Waals surface area contributed by atoms with Gasteiger partial charge in [-0.05, 0) is 56.4 Å². The van der Waals surface area contributed by atoms with Gasteiger partial charge in [0.2, 0.25) is 11.8 Å². The van der Waals surface area contributed by atoms with Crippen LogP contribution >= 0.6 is 0 Å². The van der Waals surface area contributed by atoms with Crippen molar-refractivity contribution >= 4 is 11.8 Å². The van der Waals surface area contributed by atoms with Gasteiger partial charge in [0.15, 0.2) is 11.5 Å². The van der Waals surface area contributed by atoms with Crippen molar-refractivity contribution in [2.75, 3.05) is 39.9 Å². The smallest absolute Gasteiger partial charge is 0.239 e. The number of nitrogens with zero attached hydrogens (tertiary/aromatic N) is 2. The number of fused-ring (bicyclic) bond motifs is 1. The molecule has 0 saturated heterocycles. The van der Waals surface area contributed by atoms with E-state index < -0.39 is 0 Å². The SMILES string of the molecule is CCOc1cc2c(cc1OCC)CN(CC(=O)N(C)CC(=O)NC1CC1)CC2. The fraction of sp³-hybridized carbons (Fsp3) is 0.619. The Morgan fingerprint density at radius 1 is 1.14 bits per heavy atom. The van der Waals surface area contributed by atoms with Gasteiger partial charge in [0.25, 0.3) is 0 Å². The zero-order valence-electron chi connectivity index (χ0n) is 17.1. The summed E-state index contributed by atoms with van der Waals surface area (Å²) in [6, 6.07) is 4.42. The minimum Gasteiger partial charge on any atom is -0.490 e. The maximum absolute atomic E-state index is 12.5. The molecular formula is C21H31N3O4. The van der Waals surface area contributed by atoms with Crippen LogP contribution in [0.1, 0.15) is 37.8 Å². The van der Waals surface area contributed by atoms with Gasteiger partial charge < -0.3 is 19.7 Å². The lowest BCUT2D eigenvalue weighted by Gasteiger charge is -2.30. The third-order valence-corrected chi connectivity index (χ3v) is 5.06. The van der Waals surface area contributed by atoms with Gasteiger partial charge in [0.1, 0.15) is 0 Å². The fourth-order valence-electron chi connectivity index (χ4n) is 3.41. The van der Waals surface area contributed by atoms with Crippen molar-refractivity contribution in [3.05, 3.63) is 23.3 Å². The molecule has 0 unspecified atom stereocenters. The molecule has 2 aliphatic rings. The first-order valence-corrected chi connectivity index (χ1v) is 10.2. The van der Waals surface area contributed by atoms with E-state index in [9.17, 15) is 9.59 Å². The fourth-order valence-corrected chi connectivity index (χ4v) is 3.41. The number of amides is 2. The molecule has 1 saturated carbocycles. The minimum absolute atomic E-state index is 0.0367. The molecule has 2 amide bonds. The van der Waals surface area contributed by atoms with Crippen molar-refractivity contribution < 1.29 is 19.1 Å². The van der Waals surface area contributed by atoms with E-state index in [0.29, 0.717) is 32.3 Å². The highest BCUT2D eigenvalue weighted by Gasteiger charge is 2.26. The van der Waals surface area contributed by atoms with E-state index in [0.717, 1.165) is 37.3 Å². The molecule has 0 radical (unpaired) electrons. The van der Waals surface area contributed by atoms with Crippen LogP contribution in [-0.2, 0) is 22.6 Å². The molecule has 1 heterocycles. The minimum atomic E-state index is -0.0767. The topological polar surface area (TPSA) is 71.1 Å². The molecule has 3 rings (SSSR count). The highest BCUT2D eigenvalue weighted by Crippen LogP contribution is 2.33. The Bertz CT molecular complexity index is 718. The molecule has 7 nitrogen and oxygen atoms in total. The highest BCUT2D eigenvalue weighted by atomic mass is 16.5. The number of nitrogens with one attached hydrogen (secondary N) is 1. The molecule has 1 N–H and O–H groups in total. The maximum Gasteiger partial charge on any atom is 0.239 e. The molecule has 1 aromatic rings. The number of rotatable bonds is 9. The molecule has 0 aromatic heterocycles. The Hall–Kier alpha value is -2.28. The van der Waals surface area contributed by atoms with E-state index in [2.05, 4.69) is 16.3 Å². The number of benzene rings is 1. The molecule has 1 fully saturated rings. The molecule has 0 atom stereocenters. The predicted octanol–water partition coefficient (Wildman–Crippen LogP) is 1.58. The third kappa shape index (κ3) is 5.38. The average molecular weight is 389 g/mol. The van der Waals surface area contributed by atoms with Crippen molar-refractivity contribution in [3.63, 3.8) is 0 Å². The summed E-state index contributed by atoms with van der Waals surface area (Å²) in [4.78, 5) is 28.1. The zero-order valence-corrected chi connectivity index (χ0v) is 17.1. The molecule has 1 aliphatic heterocycles. The third-order valence-electron chi connectivity index (χ3n) is 5.06. The molecule has 154 valence electrons. The summed E-state index contributed by atoms with van der Waals surface area (Å²) in [5.74, 6) is 1.43. The predicted molar refractivity (Wildman–Crippen MR) is 107 cm³/mol. The van der Waals surface area contributed by atoms with Gasteiger partial charge in [-0.25, -0.2) is 0 Å². The molecule has 0 spiro atoms. The second kappa shape index (κ2) is 9.28. The first-order valence-electron chi connectivity index (χ1n) is 10.2. The number of carbonyl (C=O) groups excluding carboxylic acids is 2. The lowest BCUT2D eigenvalue weighted by atomic mass is 9.98. The molecule has 1 aliphatic carbocycles. The second-order valence-corrected chi connectivity index (χ2v) is 7.49. The summed E-state index contributed by atoms with van der Waals surface area (Å²) in [6.45, 7) is 7.01. The van der Waals surface area contributed by atoms with Gasteiger partial charge in [0.05, 0.1) is 26.3 Å². The Kier molecular flexibility index (Phi) is 6.78. The van der Waals surface area contributed by atoms with Crippen LogP contribution in [0, 0.1) is 0 Å². The van der Waals surface area contributed by atoms with Gasteiger partial charge >= 0.3 is 0 Å². The normalized spacial score (nSPS) is 16.2. The van der Waals surface area contributed by atoms with E-state index in [1.165, 1.54) is 16.0 Å². The van der Waals surface area contributed by atoms with Gasteiger partial charge in [0, 0.05) is 26.2 Å². The van der Waals surface area contributed by atoms with Crippen LogP contribution in [0.25, 0.3) is 0 Å². The van der Waals surface area contributed by atoms with Crippen LogP contribution in [0.2, 0.25) is 0 Å². The summed E-state index contributed by atoms with van der Waals surface area (Å²) < 4.78 is 11.4. The molecule has 1 aromatic carbocycles. The molecule has 7 heteroatoms. The van der Waals surface area contributed by atoms with Gasteiger partial charge in [-0.3, -0.25) is 14.5 Å². The van der Waals surface area contributed by atoms with Crippen molar-refractivity contribution in [3.8, 4) is 11.5 Å². The van der Waals surface area contributed by atoms with Gasteiger partial charge in [-0.1, -0.05) is 0 Å².